The molecule has 0 aromatic heterocycles. The number of aliphatic hydroxyl groups excluding tert-OH is 1. The average Bonchev–Trinajstić information content (AvgIpc) is 2.29. The highest BCUT2D eigenvalue weighted by Crippen LogP contribution is 1.30. The summed E-state index contributed by atoms with van der Waals surface area (Å²) in [5, 5.41) is 20.0. The summed E-state index contributed by atoms with van der Waals surface area (Å²) in [6, 6.07) is 0. The quantitative estimate of drug-likeness (QED) is 0.511. The summed E-state index contributed by atoms with van der Waals surface area (Å²) in [4.78, 5) is 0. The van der Waals surface area contributed by atoms with Gasteiger partial charge in [0.05, 0.1) is 27.7 Å². The lowest BCUT2D eigenvalue weighted by Crippen LogP contribution is -1.57. The fourth-order valence-corrected chi connectivity index (χ4v) is 0. The van der Waals surface area contributed by atoms with Crippen molar-refractivity contribution in [3.8, 4) is 0 Å². The van der Waals surface area contributed by atoms with Gasteiger partial charge in [0.15, 0.2) is 0 Å². The summed E-state index contributed by atoms with van der Waals surface area (Å²) in [6.45, 7) is 20.5. The van der Waals surface area contributed by atoms with Gasteiger partial charge in [0.25, 0.3) is 0 Å². The minimum absolute atomic E-state index is 0. The van der Waals surface area contributed by atoms with Crippen molar-refractivity contribution in [2.24, 2.45) is 0 Å². The third kappa shape index (κ3) is 12200. The molecule has 4 heteroatoms. The normalized spacial score (nSPS) is 4.38. The van der Waals surface area contributed by atoms with Crippen LogP contribution in [0.5, 0.6) is 0 Å². The minimum atomic E-state index is 0. The summed E-state index contributed by atoms with van der Waals surface area (Å²) < 4.78 is 0. The zero-order valence-corrected chi connectivity index (χ0v) is 12.5. The maximum Gasteiger partial charge on any atom is 1.00 e. The van der Waals surface area contributed by atoms with Crippen molar-refractivity contribution < 1.29 is 23.6 Å². The molecule has 0 saturated heterocycles. The van der Waals surface area contributed by atoms with Gasteiger partial charge in [0.1, 0.15) is 13.2 Å². The fraction of sp³-hybridized carbons (Fsp3) is 0.833. The van der Waals surface area contributed by atoms with Gasteiger partial charge < -0.3 is 20.8 Å². The summed E-state index contributed by atoms with van der Waals surface area (Å²) in [5.41, 5.74) is 0. The molecule has 0 unspecified atom stereocenters. The maximum atomic E-state index is 7.57. The Morgan fingerprint density at radius 1 is 0.875 bits per heavy atom. The summed E-state index contributed by atoms with van der Waals surface area (Å²) in [7, 11) is 0. The van der Waals surface area contributed by atoms with E-state index in [0.29, 0.717) is 13.2 Å². The summed E-state index contributed by atoms with van der Waals surface area (Å²) in [5.74, 6) is 0. The van der Waals surface area contributed by atoms with E-state index >= 15 is 0 Å². The molecule has 0 fully saturated rings. The van der Waals surface area contributed by atoms with Gasteiger partial charge in [-0.3, -0.25) is 0 Å². The number of hydrogen-bond donors (Lipinski definition) is 1. The lowest BCUT2D eigenvalue weighted by atomic mass is 10.9. The van der Waals surface area contributed by atoms with E-state index in [1.165, 1.54) is 0 Å². The van der Waals surface area contributed by atoms with Gasteiger partial charge in [-0.05, 0) is 6.92 Å². The van der Waals surface area contributed by atoms with E-state index in [-0.39, 0.29) is 14.9 Å². The zero-order valence-electron chi connectivity index (χ0n) is 14.5. The lowest BCUT2D eigenvalue weighted by molar-refractivity contribution is 0.318. The van der Waals surface area contributed by atoms with Gasteiger partial charge in [-0.25, -0.2) is 0 Å². The van der Waals surface area contributed by atoms with E-state index in [9.17, 15) is 0 Å². The smallest absolute Gasteiger partial charge is 0.446 e. The van der Waals surface area contributed by atoms with E-state index in [2.05, 4.69) is 13.8 Å². The zero-order chi connectivity index (χ0) is 14.1. The third-order valence-electron chi connectivity index (χ3n) is 0. The Labute approximate surface area is 107 Å². The largest absolute Gasteiger partial charge is 1.00 e. The van der Waals surface area contributed by atoms with Crippen LogP contribution < -0.4 is 0 Å². The molecular weight excluding hydrogens is 208 g/mol. The Morgan fingerprint density at radius 2 is 0.875 bits per heavy atom. The lowest BCUT2D eigenvalue weighted by Gasteiger charge is -1.52. The van der Waals surface area contributed by atoms with Crippen LogP contribution in [0.3, 0.4) is 0 Å². The second-order valence-electron chi connectivity index (χ2n) is 1.02. The van der Waals surface area contributed by atoms with Gasteiger partial charge in [-0.1, -0.05) is 13.8 Å². The molecule has 0 amide bonds. The van der Waals surface area contributed by atoms with E-state index in [1.54, 1.807) is 34.6 Å². The number of hydrogen-bond acceptors (Lipinski definition) is 1. The maximum absolute atomic E-state index is 7.57. The molecule has 0 aromatic rings. The van der Waals surface area contributed by atoms with Gasteiger partial charge in [-0.15, -0.1) is 0 Å². The molecule has 0 bridgehead atoms. The third-order valence-corrected chi connectivity index (χ3v) is 0. The first-order valence-corrected chi connectivity index (χ1v) is 5.56. The van der Waals surface area contributed by atoms with Crippen LogP contribution in [0.25, 0.3) is 0 Å². The van der Waals surface area contributed by atoms with Crippen molar-refractivity contribution in [2.75, 3.05) is 19.8 Å². The van der Waals surface area contributed by atoms with Crippen LogP contribution in [-0.4, -0.2) is 40.6 Å². The van der Waals surface area contributed by atoms with Crippen molar-refractivity contribution in [1.29, 1.82) is 0 Å². The minimum Gasteiger partial charge on any atom is -0.446 e. The van der Waals surface area contributed by atoms with Gasteiger partial charge in [-0.2, -0.15) is 0 Å². The average molecular weight is 248 g/mol. The fourth-order valence-electron chi connectivity index (χ4n) is 0. The van der Waals surface area contributed by atoms with Gasteiger partial charge in [0.2, 0.25) is 0 Å². The number of rotatable bonds is 0. The molecule has 0 radical (unpaired) electrons. The van der Waals surface area contributed by atoms with Crippen LogP contribution in [0.2, 0.25) is 0 Å². The Bertz CT molecular complexity index is 26.8. The van der Waals surface area contributed by atoms with E-state index < -0.39 is 0 Å². The predicted octanol–water partition coefficient (Wildman–Crippen LogP) is 1.57. The monoisotopic (exact) mass is 248 g/mol. The molecular formula is C12H40O4+6. The van der Waals surface area contributed by atoms with Crippen LogP contribution in [0.15, 0.2) is 0 Å². The Hall–Kier alpha value is -0.420. The van der Waals surface area contributed by atoms with E-state index in [4.69, 9.17) is 15.3 Å². The van der Waals surface area contributed by atoms with E-state index in [0.717, 1.165) is 0 Å². The molecule has 7 N–H and O–H groups in total. The highest BCUT2D eigenvalue weighted by Gasteiger charge is 1.40. The van der Waals surface area contributed by atoms with Crippen molar-refractivity contribution in [2.45, 2.75) is 48.5 Å². The molecule has 0 rings (SSSR count). The molecule has 0 spiro atoms. The van der Waals surface area contributed by atoms with Crippen LogP contribution in [0.4, 0.5) is 0 Å². The standard InChI is InChI=1S/3C2H6O.C2H6.2C2H5.H2O/c3*1-2-3;3*1-2;/h3*3H,2H2,1H3;1-2H3;2*1H2,2H3;1H2/q;;;;2*+1;/p+4. The van der Waals surface area contributed by atoms with Crippen LogP contribution >= 0.6 is 0 Å². The van der Waals surface area contributed by atoms with Crippen molar-refractivity contribution in [3.63, 3.8) is 0 Å². The van der Waals surface area contributed by atoms with Crippen molar-refractivity contribution in [1.82, 2.24) is 0 Å². The van der Waals surface area contributed by atoms with Gasteiger partial charge in [0, 0.05) is 20.5 Å². The van der Waals surface area contributed by atoms with Crippen LogP contribution in [0.1, 0.15) is 51.3 Å². The summed E-state index contributed by atoms with van der Waals surface area (Å²) in [6.07, 6.45) is 0. The topological polar surface area (TPSA) is 97.5 Å². The predicted molar refractivity (Wildman–Crippen MR) is 80.3 cm³/mol. The summed E-state index contributed by atoms with van der Waals surface area (Å²) >= 11 is 0. The highest BCUT2D eigenvalue weighted by molar-refractivity contribution is 3.94. The molecule has 0 aromatic carbocycles. The van der Waals surface area contributed by atoms with Crippen molar-refractivity contribution >= 4 is 0 Å². The first kappa shape index (κ1) is 45.0. The molecule has 4 nitrogen and oxygen atoms in total. The molecule has 0 aliphatic heterocycles. The first-order valence-electron chi connectivity index (χ1n) is 5.56. The molecule has 0 heterocycles. The molecule has 0 aliphatic rings. The Kier molecular flexibility index (Phi) is 1140. The molecule has 0 atom stereocenters. The molecule has 16 heavy (non-hydrogen) atoms. The Morgan fingerprint density at radius 3 is 0.875 bits per heavy atom. The number of aliphatic hydroxyl groups is 1. The highest BCUT2D eigenvalue weighted by atomic mass is 16.3. The van der Waals surface area contributed by atoms with Crippen LogP contribution in [0, 0.1) is 13.8 Å². The second-order valence-corrected chi connectivity index (χ2v) is 1.02. The first-order chi connectivity index (χ1) is 7.24. The Balaban J connectivity index is -0.00000000755. The molecule has 0 aliphatic carbocycles. The molecule has 106 valence electrons. The molecule has 0 saturated carbocycles. The van der Waals surface area contributed by atoms with Gasteiger partial charge >= 0.3 is 2.85 Å². The second kappa shape index (κ2) is 404. The SMILES string of the molecule is CC.CCO.CC[OH2+].CC[OH2+].O.[CH2+]C.[CH2+]C.[H+].[H+]. The van der Waals surface area contributed by atoms with Crippen LogP contribution in [-0.2, 0) is 0 Å². The van der Waals surface area contributed by atoms with Crippen molar-refractivity contribution in [3.05, 3.63) is 13.8 Å². The van der Waals surface area contributed by atoms with E-state index in [1.807, 2.05) is 13.8 Å².